The van der Waals surface area contributed by atoms with Crippen LogP contribution in [0.3, 0.4) is 0 Å². The van der Waals surface area contributed by atoms with Gasteiger partial charge in [0.2, 0.25) is 5.91 Å². The Bertz CT molecular complexity index is 770. The molecule has 0 saturated heterocycles. The van der Waals surface area contributed by atoms with Crippen LogP contribution < -0.4 is 15.8 Å². The summed E-state index contributed by atoms with van der Waals surface area (Å²) in [5, 5.41) is 18.7. The Morgan fingerprint density at radius 2 is 1.65 bits per heavy atom. The van der Waals surface area contributed by atoms with Crippen molar-refractivity contribution < 1.29 is 19.4 Å². The van der Waals surface area contributed by atoms with Gasteiger partial charge < -0.3 is 20.9 Å². The molecule has 7 nitrogen and oxygen atoms in total. The fourth-order valence-corrected chi connectivity index (χ4v) is 2.25. The molecule has 5 N–H and O–H groups in total. The summed E-state index contributed by atoms with van der Waals surface area (Å²) in [6.45, 7) is 0.00476. The third-order valence-corrected chi connectivity index (χ3v) is 3.68. The van der Waals surface area contributed by atoms with Crippen molar-refractivity contribution in [1.29, 1.82) is 5.41 Å². The molecule has 2 rings (SSSR count). The molecule has 0 spiro atoms. The molecule has 0 heterocycles. The van der Waals surface area contributed by atoms with E-state index in [9.17, 15) is 9.59 Å². The summed E-state index contributed by atoms with van der Waals surface area (Å²) in [5.74, 6) is -0.603. The van der Waals surface area contributed by atoms with Gasteiger partial charge in [-0.15, -0.1) is 0 Å². The van der Waals surface area contributed by atoms with E-state index in [1.807, 2.05) is 12.1 Å². The SMILES string of the molecule is N=C(N)c1ccc(CCC(=O)NCc2ccc(OCC(=O)O)cc2)cc1. The number of aryl methyl sites for hydroxylation is 1. The van der Waals surface area contributed by atoms with Crippen molar-refractivity contribution in [3.63, 3.8) is 0 Å². The molecule has 0 aliphatic heterocycles. The highest BCUT2D eigenvalue weighted by atomic mass is 16.5. The van der Waals surface area contributed by atoms with E-state index in [0.29, 0.717) is 30.7 Å². The second-order valence-electron chi connectivity index (χ2n) is 5.71. The Hall–Kier alpha value is -3.35. The third-order valence-electron chi connectivity index (χ3n) is 3.68. The van der Waals surface area contributed by atoms with Gasteiger partial charge in [0.05, 0.1) is 0 Å². The third kappa shape index (κ3) is 6.27. The number of nitrogen functional groups attached to an aromatic ring is 1. The number of benzene rings is 2. The van der Waals surface area contributed by atoms with Crippen molar-refractivity contribution in [3.05, 3.63) is 65.2 Å². The maximum Gasteiger partial charge on any atom is 0.341 e. The van der Waals surface area contributed by atoms with Gasteiger partial charge in [0.25, 0.3) is 0 Å². The van der Waals surface area contributed by atoms with Gasteiger partial charge in [-0.05, 0) is 29.7 Å². The van der Waals surface area contributed by atoms with Crippen molar-refractivity contribution in [1.82, 2.24) is 5.32 Å². The van der Waals surface area contributed by atoms with Crippen LogP contribution in [-0.4, -0.2) is 29.4 Å². The number of nitrogens with two attached hydrogens (primary N) is 1. The lowest BCUT2D eigenvalue weighted by Crippen LogP contribution is -2.23. The lowest BCUT2D eigenvalue weighted by molar-refractivity contribution is -0.139. The Labute approximate surface area is 151 Å². The molecule has 2 aromatic rings. The van der Waals surface area contributed by atoms with Crippen LogP contribution >= 0.6 is 0 Å². The predicted molar refractivity (Wildman–Crippen MR) is 97.2 cm³/mol. The van der Waals surface area contributed by atoms with Crippen LogP contribution in [0, 0.1) is 5.41 Å². The number of rotatable bonds is 9. The van der Waals surface area contributed by atoms with Gasteiger partial charge in [0.1, 0.15) is 11.6 Å². The lowest BCUT2D eigenvalue weighted by Gasteiger charge is -2.07. The predicted octanol–water partition coefficient (Wildman–Crippen LogP) is 1.68. The normalized spacial score (nSPS) is 10.2. The molecular weight excluding hydrogens is 334 g/mol. The first-order valence-electron chi connectivity index (χ1n) is 8.07. The van der Waals surface area contributed by atoms with Crippen LogP contribution in [-0.2, 0) is 22.6 Å². The number of ether oxygens (including phenoxy) is 1. The lowest BCUT2D eigenvalue weighted by atomic mass is 10.1. The number of carboxylic acid groups (broad SMARTS) is 1. The minimum atomic E-state index is -1.03. The van der Waals surface area contributed by atoms with E-state index in [2.05, 4.69) is 5.32 Å². The maximum absolute atomic E-state index is 12.0. The van der Waals surface area contributed by atoms with E-state index in [1.54, 1.807) is 36.4 Å². The highest BCUT2D eigenvalue weighted by molar-refractivity contribution is 5.94. The van der Waals surface area contributed by atoms with Gasteiger partial charge in [-0.2, -0.15) is 0 Å². The van der Waals surface area contributed by atoms with E-state index in [4.69, 9.17) is 21.0 Å². The first-order valence-corrected chi connectivity index (χ1v) is 8.07. The quantitative estimate of drug-likeness (QED) is 0.402. The molecular formula is C19H21N3O4. The Kier molecular flexibility index (Phi) is 6.73. The summed E-state index contributed by atoms with van der Waals surface area (Å²) in [4.78, 5) is 22.4. The molecule has 0 aliphatic rings. The van der Waals surface area contributed by atoms with Crippen molar-refractivity contribution in [2.24, 2.45) is 5.73 Å². The van der Waals surface area contributed by atoms with Crippen LogP contribution in [0.15, 0.2) is 48.5 Å². The van der Waals surface area contributed by atoms with E-state index in [0.717, 1.165) is 11.1 Å². The fraction of sp³-hybridized carbons (Fsp3) is 0.211. The highest BCUT2D eigenvalue weighted by Gasteiger charge is 2.04. The highest BCUT2D eigenvalue weighted by Crippen LogP contribution is 2.12. The van der Waals surface area contributed by atoms with Crippen LogP contribution in [0.2, 0.25) is 0 Å². The van der Waals surface area contributed by atoms with Crippen LogP contribution in [0.25, 0.3) is 0 Å². The molecule has 136 valence electrons. The molecule has 1 amide bonds. The summed E-state index contributed by atoms with van der Waals surface area (Å²) in [5.41, 5.74) is 7.97. The summed E-state index contributed by atoms with van der Waals surface area (Å²) in [7, 11) is 0. The second-order valence-corrected chi connectivity index (χ2v) is 5.71. The van der Waals surface area contributed by atoms with Crippen LogP contribution in [0.5, 0.6) is 5.75 Å². The Morgan fingerprint density at radius 1 is 1.04 bits per heavy atom. The molecule has 0 atom stereocenters. The number of carboxylic acids is 1. The Balaban J connectivity index is 1.74. The summed E-state index contributed by atoms with van der Waals surface area (Å²) >= 11 is 0. The van der Waals surface area contributed by atoms with Crippen molar-refractivity contribution in [2.45, 2.75) is 19.4 Å². The van der Waals surface area contributed by atoms with Gasteiger partial charge in [-0.1, -0.05) is 36.4 Å². The van der Waals surface area contributed by atoms with Crippen molar-refractivity contribution in [3.8, 4) is 5.75 Å². The minimum absolute atomic E-state index is 0.0219. The van der Waals surface area contributed by atoms with E-state index in [1.165, 1.54) is 0 Å². The molecule has 0 bridgehead atoms. The summed E-state index contributed by atoms with van der Waals surface area (Å²) in [6.07, 6.45) is 0.964. The number of aliphatic carboxylic acids is 1. The molecule has 0 fully saturated rings. The molecule has 2 aromatic carbocycles. The van der Waals surface area contributed by atoms with Crippen molar-refractivity contribution >= 4 is 17.7 Å². The Morgan fingerprint density at radius 3 is 2.23 bits per heavy atom. The number of carbonyl (C=O) groups is 2. The first kappa shape index (κ1) is 19.0. The first-order chi connectivity index (χ1) is 12.4. The molecule has 0 aliphatic carbocycles. The largest absolute Gasteiger partial charge is 0.482 e. The molecule has 0 saturated carbocycles. The van der Waals surface area contributed by atoms with Crippen LogP contribution in [0.4, 0.5) is 0 Å². The monoisotopic (exact) mass is 355 g/mol. The van der Waals surface area contributed by atoms with Gasteiger partial charge in [-0.3, -0.25) is 10.2 Å². The average molecular weight is 355 g/mol. The van der Waals surface area contributed by atoms with Gasteiger partial charge in [0.15, 0.2) is 6.61 Å². The zero-order chi connectivity index (χ0) is 18.9. The van der Waals surface area contributed by atoms with Gasteiger partial charge in [-0.25, -0.2) is 4.79 Å². The van der Waals surface area contributed by atoms with Gasteiger partial charge in [0, 0.05) is 18.5 Å². The molecule has 7 heteroatoms. The number of nitrogens with one attached hydrogen (secondary N) is 2. The minimum Gasteiger partial charge on any atom is -0.482 e. The van der Waals surface area contributed by atoms with E-state index in [-0.39, 0.29) is 18.3 Å². The van der Waals surface area contributed by atoms with Crippen LogP contribution in [0.1, 0.15) is 23.1 Å². The molecule has 0 unspecified atom stereocenters. The van der Waals surface area contributed by atoms with Crippen molar-refractivity contribution in [2.75, 3.05) is 6.61 Å². The number of hydrogen-bond donors (Lipinski definition) is 4. The fourth-order valence-electron chi connectivity index (χ4n) is 2.25. The van der Waals surface area contributed by atoms with Gasteiger partial charge >= 0.3 is 5.97 Å². The number of amidine groups is 1. The van der Waals surface area contributed by atoms with E-state index < -0.39 is 5.97 Å². The summed E-state index contributed by atoms with van der Waals surface area (Å²) in [6, 6.07) is 14.1. The molecule has 0 aromatic heterocycles. The topological polar surface area (TPSA) is 126 Å². The second kappa shape index (κ2) is 9.22. The summed E-state index contributed by atoms with van der Waals surface area (Å²) < 4.78 is 5.05. The zero-order valence-corrected chi connectivity index (χ0v) is 14.2. The zero-order valence-electron chi connectivity index (χ0n) is 14.2. The number of hydrogen-bond acceptors (Lipinski definition) is 4. The average Bonchev–Trinajstić information content (AvgIpc) is 2.64. The number of amides is 1. The smallest absolute Gasteiger partial charge is 0.341 e. The molecule has 0 radical (unpaired) electrons. The van der Waals surface area contributed by atoms with E-state index >= 15 is 0 Å². The maximum atomic E-state index is 12.0. The molecule has 26 heavy (non-hydrogen) atoms. The number of carbonyl (C=O) groups excluding carboxylic acids is 1. The standard InChI is InChI=1S/C19H21N3O4/c20-19(21)15-6-1-13(2-7-15)5-10-17(23)22-11-14-3-8-16(9-4-14)26-12-18(24)25/h1-4,6-9H,5,10-12H2,(H3,20,21)(H,22,23)(H,24,25).